The molecule has 34 heavy (non-hydrogen) atoms. The van der Waals surface area contributed by atoms with Crippen molar-refractivity contribution in [3.63, 3.8) is 0 Å². The van der Waals surface area contributed by atoms with Crippen molar-refractivity contribution >= 4 is 51.1 Å². The van der Waals surface area contributed by atoms with Crippen molar-refractivity contribution in [1.29, 1.82) is 0 Å². The van der Waals surface area contributed by atoms with E-state index >= 15 is 0 Å². The Morgan fingerprint density at radius 1 is 1.24 bits per heavy atom. The minimum absolute atomic E-state index is 0.189. The summed E-state index contributed by atoms with van der Waals surface area (Å²) in [5, 5.41) is 15.1. The molecule has 0 spiro atoms. The normalized spacial score (nSPS) is 17.7. The molecule has 3 atom stereocenters. The highest BCUT2D eigenvalue weighted by molar-refractivity contribution is 6.35. The Morgan fingerprint density at radius 2 is 2.09 bits per heavy atom. The summed E-state index contributed by atoms with van der Waals surface area (Å²) in [6, 6.07) is 11.3. The minimum atomic E-state index is -1.19. The van der Waals surface area contributed by atoms with Gasteiger partial charge in [-0.05, 0) is 37.6 Å². The number of hydrogen-bond donors (Lipinski definition) is 3. The second-order valence-electron chi connectivity index (χ2n) is 8.51. The summed E-state index contributed by atoms with van der Waals surface area (Å²) in [7, 11) is 0. The van der Waals surface area contributed by atoms with Gasteiger partial charge in [0.2, 0.25) is 5.91 Å². The Morgan fingerprint density at radius 3 is 2.91 bits per heavy atom. The number of aliphatic hydroxyl groups excluding tert-OH is 1. The molecular weight excluding hydrogens is 454 g/mol. The topological polar surface area (TPSA) is 130 Å². The lowest BCUT2D eigenvalue weighted by atomic mass is 10.0. The fourth-order valence-corrected chi connectivity index (χ4v) is 4.72. The number of amides is 1. The monoisotopic (exact) mass is 477 g/mol. The third-order valence-corrected chi connectivity index (χ3v) is 6.59. The van der Waals surface area contributed by atoms with Gasteiger partial charge < -0.3 is 21.1 Å². The van der Waals surface area contributed by atoms with Crippen LogP contribution in [-0.2, 0) is 4.79 Å². The Balaban J connectivity index is 1.55. The number of aromatic nitrogens is 4. The molecule has 4 N–H and O–H groups in total. The maximum atomic E-state index is 11.5. The first kappa shape index (κ1) is 22.2. The van der Waals surface area contributed by atoms with Gasteiger partial charge in [0.15, 0.2) is 5.82 Å². The summed E-state index contributed by atoms with van der Waals surface area (Å²) in [6.07, 6.45) is 2.66. The first-order valence-electron chi connectivity index (χ1n) is 11.1. The van der Waals surface area contributed by atoms with Crippen molar-refractivity contribution in [2.45, 2.75) is 25.5 Å². The number of anilines is 2. The molecule has 1 unspecified atom stereocenters. The fourth-order valence-electron chi connectivity index (χ4n) is 4.49. The molecule has 1 aliphatic heterocycles. The van der Waals surface area contributed by atoms with Gasteiger partial charge in [0, 0.05) is 36.2 Å². The molecule has 3 aromatic heterocycles. The molecule has 0 bridgehead atoms. The first-order chi connectivity index (χ1) is 16.4. The number of carbonyl (C=O) groups is 1. The van der Waals surface area contributed by atoms with E-state index in [-0.39, 0.29) is 12.0 Å². The largest absolute Gasteiger partial charge is 0.383 e. The van der Waals surface area contributed by atoms with Crippen molar-refractivity contribution in [2.75, 3.05) is 23.3 Å². The first-order valence-corrected chi connectivity index (χ1v) is 11.4. The number of benzene rings is 1. The number of hydrogen-bond acceptors (Lipinski definition) is 8. The zero-order chi connectivity index (χ0) is 23.8. The highest BCUT2D eigenvalue weighted by Gasteiger charge is 2.33. The zero-order valence-corrected chi connectivity index (χ0v) is 19.3. The highest BCUT2D eigenvalue weighted by atomic mass is 35.5. The number of nitrogens with two attached hydrogens (primary N) is 1. The van der Waals surface area contributed by atoms with Gasteiger partial charge in [0.25, 0.3) is 0 Å². The van der Waals surface area contributed by atoms with E-state index in [9.17, 15) is 9.90 Å². The number of nitrogens with one attached hydrogen (secondary N) is 1. The summed E-state index contributed by atoms with van der Waals surface area (Å²) in [6.45, 7) is 3.13. The van der Waals surface area contributed by atoms with Gasteiger partial charge in [-0.25, -0.2) is 15.0 Å². The number of primary amides is 1. The standard InChI is InChI=1S/C24H24ClN7O2/c1-13(30-23-20-18(28-12-29-23)6-3-8-27-20)16-10-14-4-2-5-17(25)19(14)31-24(16)32-9-7-15(11-32)21(33)22(26)34/h2-6,8,10,12-13,15,21,33H,7,9,11H2,1H3,(H2,26,34)(H,28,29,30)/t13-,15+,21?/m0/s1. The van der Waals surface area contributed by atoms with Crippen molar-refractivity contribution < 1.29 is 9.90 Å². The second kappa shape index (κ2) is 9.00. The van der Waals surface area contributed by atoms with Gasteiger partial charge in [-0.15, -0.1) is 0 Å². The van der Waals surface area contributed by atoms with Crippen LogP contribution in [0.2, 0.25) is 5.02 Å². The Hall–Kier alpha value is -3.56. The Kier molecular flexibility index (Phi) is 5.89. The quantitative estimate of drug-likeness (QED) is 0.386. The van der Waals surface area contributed by atoms with E-state index in [2.05, 4.69) is 31.2 Å². The predicted octanol–water partition coefficient (Wildman–Crippen LogP) is 3.07. The Bertz CT molecular complexity index is 1380. The Labute approximate surface area is 201 Å². The van der Waals surface area contributed by atoms with Crippen LogP contribution in [0.4, 0.5) is 11.6 Å². The third-order valence-electron chi connectivity index (χ3n) is 6.28. The average Bonchev–Trinajstić information content (AvgIpc) is 3.33. The minimum Gasteiger partial charge on any atom is -0.383 e. The van der Waals surface area contributed by atoms with Crippen LogP contribution in [0.25, 0.3) is 21.9 Å². The molecule has 174 valence electrons. The molecule has 1 amide bonds. The van der Waals surface area contributed by atoms with Crippen molar-refractivity contribution in [1.82, 2.24) is 19.9 Å². The molecule has 0 aliphatic carbocycles. The summed E-state index contributed by atoms with van der Waals surface area (Å²) < 4.78 is 0. The molecule has 9 nitrogen and oxygen atoms in total. The summed E-state index contributed by atoms with van der Waals surface area (Å²) in [5.74, 6) is 0.400. The van der Waals surface area contributed by atoms with Crippen LogP contribution < -0.4 is 16.0 Å². The van der Waals surface area contributed by atoms with Gasteiger partial charge in [0.1, 0.15) is 23.8 Å². The van der Waals surface area contributed by atoms with Crippen molar-refractivity contribution in [3.8, 4) is 0 Å². The van der Waals surface area contributed by atoms with E-state index in [1.54, 1.807) is 6.20 Å². The number of halogens is 1. The number of nitrogens with zero attached hydrogens (tertiary/aromatic N) is 5. The number of aliphatic hydroxyl groups is 1. The van der Waals surface area contributed by atoms with Gasteiger partial charge in [-0.3, -0.25) is 9.78 Å². The van der Waals surface area contributed by atoms with E-state index in [0.29, 0.717) is 41.4 Å². The molecule has 4 aromatic rings. The van der Waals surface area contributed by atoms with Crippen LogP contribution in [0.5, 0.6) is 0 Å². The predicted molar refractivity (Wildman–Crippen MR) is 132 cm³/mol. The highest BCUT2D eigenvalue weighted by Crippen LogP contribution is 2.36. The van der Waals surface area contributed by atoms with E-state index < -0.39 is 12.0 Å². The maximum Gasteiger partial charge on any atom is 0.246 e. The summed E-state index contributed by atoms with van der Waals surface area (Å²) in [5.41, 5.74) is 8.40. The molecule has 0 saturated carbocycles. The molecule has 0 radical (unpaired) electrons. The lowest BCUT2D eigenvalue weighted by molar-refractivity contribution is -0.128. The zero-order valence-electron chi connectivity index (χ0n) is 18.5. The molecule has 1 saturated heterocycles. The van der Waals surface area contributed by atoms with Crippen LogP contribution in [0, 0.1) is 5.92 Å². The number of pyridine rings is 2. The van der Waals surface area contributed by atoms with Crippen LogP contribution in [0.1, 0.15) is 24.9 Å². The molecule has 10 heteroatoms. The van der Waals surface area contributed by atoms with Crippen LogP contribution in [0.3, 0.4) is 0 Å². The molecular formula is C24H24ClN7O2. The smallest absolute Gasteiger partial charge is 0.246 e. The summed E-state index contributed by atoms with van der Waals surface area (Å²) >= 11 is 6.46. The second-order valence-corrected chi connectivity index (χ2v) is 8.92. The average molecular weight is 478 g/mol. The third kappa shape index (κ3) is 4.08. The number of carbonyl (C=O) groups excluding carboxylic acids is 1. The van der Waals surface area contributed by atoms with E-state index in [1.807, 2.05) is 37.3 Å². The van der Waals surface area contributed by atoms with Gasteiger partial charge in [0.05, 0.1) is 22.1 Å². The molecule has 1 aliphatic rings. The van der Waals surface area contributed by atoms with Gasteiger partial charge in [-0.1, -0.05) is 23.7 Å². The lowest BCUT2D eigenvalue weighted by Gasteiger charge is -2.26. The number of rotatable bonds is 6. The van der Waals surface area contributed by atoms with E-state index in [4.69, 9.17) is 22.3 Å². The van der Waals surface area contributed by atoms with Crippen LogP contribution in [-0.4, -0.2) is 50.1 Å². The molecule has 4 heterocycles. The molecule has 1 fully saturated rings. The van der Waals surface area contributed by atoms with Gasteiger partial charge >= 0.3 is 0 Å². The number of fused-ring (bicyclic) bond motifs is 2. The van der Waals surface area contributed by atoms with E-state index in [1.165, 1.54) is 6.33 Å². The van der Waals surface area contributed by atoms with Crippen molar-refractivity contribution in [3.05, 3.63) is 59.5 Å². The van der Waals surface area contributed by atoms with Crippen LogP contribution >= 0.6 is 11.6 Å². The van der Waals surface area contributed by atoms with E-state index in [0.717, 1.165) is 22.3 Å². The number of para-hydroxylation sites is 1. The lowest BCUT2D eigenvalue weighted by Crippen LogP contribution is -2.37. The molecule has 5 rings (SSSR count). The summed E-state index contributed by atoms with van der Waals surface area (Å²) in [4.78, 5) is 31.6. The maximum absolute atomic E-state index is 11.5. The fraction of sp³-hybridized carbons (Fsp3) is 0.292. The molecule has 1 aromatic carbocycles. The van der Waals surface area contributed by atoms with Crippen LogP contribution in [0.15, 0.2) is 48.9 Å². The SMILES string of the molecule is C[C@H](Nc1ncnc2cccnc12)c1cc2cccc(Cl)c2nc1N1CC[C@@H](C(O)C(N)=O)C1. The van der Waals surface area contributed by atoms with Crippen molar-refractivity contribution in [2.24, 2.45) is 11.7 Å². The van der Waals surface area contributed by atoms with Gasteiger partial charge in [-0.2, -0.15) is 0 Å².